The van der Waals surface area contributed by atoms with Crippen molar-refractivity contribution in [1.29, 1.82) is 0 Å². The van der Waals surface area contributed by atoms with Crippen LogP contribution < -0.4 is 5.32 Å². The number of rotatable bonds is 4. The highest BCUT2D eigenvalue weighted by molar-refractivity contribution is 7.91. The summed E-state index contributed by atoms with van der Waals surface area (Å²) in [4.78, 5) is 2.13. The molecule has 0 bridgehead atoms. The van der Waals surface area contributed by atoms with Gasteiger partial charge in [-0.2, -0.15) is 0 Å². The van der Waals surface area contributed by atoms with Gasteiger partial charge in [0.2, 0.25) is 0 Å². The van der Waals surface area contributed by atoms with Gasteiger partial charge >= 0.3 is 0 Å². The first-order chi connectivity index (χ1) is 8.94. The Morgan fingerprint density at radius 1 is 1.16 bits per heavy atom. The van der Waals surface area contributed by atoms with E-state index in [4.69, 9.17) is 0 Å². The summed E-state index contributed by atoms with van der Waals surface area (Å²) in [7, 11) is 1.33. The molecule has 1 aromatic carbocycles. The molecule has 1 fully saturated rings. The molecule has 0 aliphatic carbocycles. The molecule has 1 aromatic rings. The average molecular weight is 282 g/mol. The Bertz CT molecular complexity index is 495. The smallest absolute Gasteiger partial charge is 0.150 e. The topological polar surface area (TPSA) is 49.4 Å². The summed E-state index contributed by atoms with van der Waals surface area (Å²) in [6, 6.07) is 8.65. The summed E-state index contributed by atoms with van der Waals surface area (Å²) >= 11 is 0. The predicted molar refractivity (Wildman–Crippen MR) is 79.1 cm³/mol. The van der Waals surface area contributed by atoms with Gasteiger partial charge in [-0.15, -0.1) is 0 Å². The first-order valence-corrected chi connectivity index (χ1v) is 8.47. The molecule has 1 saturated heterocycles. The monoisotopic (exact) mass is 282 g/mol. The molecule has 1 aliphatic heterocycles. The van der Waals surface area contributed by atoms with Crippen molar-refractivity contribution >= 4 is 15.5 Å². The molecule has 19 heavy (non-hydrogen) atoms. The van der Waals surface area contributed by atoms with Crippen LogP contribution in [0.3, 0.4) is 0 Å². The summed E-state index contributed by atoms with van der Waals surface area (Å²) in [6.45, 7) is 0.932. The molecule has 0 unspecified atom stereocenters. The highest BCUT2D eigenvalue weighted by Gasteiger charge is 2.23. The molecular weight excluding hydrogens is 260 g/mol. The van der Waals surface area contributed by atoms with Crippen molar-refractivity contribution in [2.24, 2.45) is 0 Å². The van der Waals surface area contributed by atoms with Crippen LogP contribution in [0.15, 0.2) is 24.3 Å². The second kappa shape index (κ2) is 5.92. The van der Waals surface area contributed by atoms with Gasteiger partial charge in [-0.25, -0.2) is 8.42 Å². The van der Waals surface area contributed by atoms with Crippen molar-refractivity contribution in [3.8, 4) is 0 Å². The van der Waals surface area contributed by atoms with E-state index in [-0.39, 0.29) is 6.04 Å². The Balaban J connectivity index is 1.90. The Morgan fingerprint density at radius 2 is 1.74 bits per heavy atom. The van der Waals surface area contributed by atoms with Crippen molar-refractivity contribution in [2.75, 3.05) is 30.9 Å². The molecule has 0 aromatic heterocycles. The zero-order chi connectivity index (χ0) is 13.9. The summed E-state index contributed by atoms with van der Waals surface area (Å²) in [5.74, 6) is 0.618. The summed E-state index contributed by atoms with van der Waals surface area (Å²) in [5.41, 5.74) is 2.36. The molecule has 1 heterocycles. The van der Waals surface area contributed by atoms with Crippen LogP contribution in [0, 0.1) is 0 Å². The van der Waals surface area contributed by atoms with Gasteiger partial charge in [0.15, 0.2) is 0 Å². The van der Waals surface area contributed by atoms with Crippen LogP contribution in [0.2, 0.25) is 0 Å². The lowest BCUT2D eigenvalue weighted by Crippen LogP contribution is -2.32. The van der Waals surface area contributed by atoms with Gasteiger partial charge in [0.1, 0.15) is 9.84 Å². The maximum absolute atomic E-state index is 11.4. The fraction of sp³-hybridized carbons (Fsp3) is 0.571. The summed E-state index contributed by atoms with van der Waals surface area (Å²) in [5, 5.41) is 3.42. The van der Waals surface area contributed by atoms with Gasteiger partial charge in [-0.3, -0.25) is 0 Å². The lowest BCUT2D eigenvalue weighted by atomic mass is 10.1. The van der Waals surface area contributed by atoms with E-state index in [0.717, 1.165) is 12.2 Å². The van der Waals surface area contributed by atoms with Crippen molar-refractivity contribution in [2.45, 2.75) is 25.4 Å². The van der Waals surface area contributed by atoms with Gasteiger partial charge in [-0.1, -0.05) is 12.1 Å². The number of hydrogen-bond donors (Lipinski definition) is 1. The predicted octanol–water partition coefficient (Wildman–Crippen LogP) is 1.74. The van der Waals surface area contributed by atoms with Crippen LogP contribution in [-0.2, 0) is 16.4 Å². The van der Waals surface area contributed by atoms with E-state index in [1.54, 1.807) is 0 Å². The van der Waals surface area contributed by atoms with Crippen LogP contribution in [0.4, 0.5) is 5.69 Å². The lowest BCUT2D eigenvalue weighted by molar-refractivity contribution is 0.402. The zero-order valence-electron chi connectivity index (χ0n) is 11.6. The van der Waals surface area contributed by atoms with Crippen LogP contribution in [0.25, 0.3) is 0 Å². The zero-order valence-corrected chi connectivity index (χ0v) is 12.4. The van der Waals surface area contributed by atoms with E-state index in [0.29, 0.717) is 24.3 Å². The maximum Gasteiger partial charge on any atom is 0.150 e. The normalized spacial score (nSPS) is 19.5. The molecular formula is C14H22N2O2S. The molecule has 0 spiro atoms. The minimum Gasteiger partial charge on any atom is -0.382 e. The number of benzene rings is 1. The molecule has 0 radical (unpaired) electrons. The van der Waals surface area contributed by atoms with Crippen LogP contribution >= 0.6 is 0 Å². The molecule has 0 saturated carbocycles. The molecule has 5 heteroatoms. The first-order valence-electron chi connectivity index (χ1n) is 6.65. The van der Waals surface area contributed by atoms with Gasteiger partial charge in [0, 0.05) is 18.3 Å². The second-order valence-corrected chi connectivity index (χ2v) is 7.81. The number of nitrogens with zero attached hydrogens (tertiary/aromatic N) is 1. The standard InChI is InChI=1S/C14H22N2O2S/c1-16(2)11-12-3-5-13(6-4-12)15-14-7-9-19(17,18)10-8-14/h3-6,14-15H,7-11H2,1-2H3. The number of hydrogen-bond acceptors (Lipinski definition) is 4. The Hall–Kier alpha value is -1.07. The van der Waals surface area contributed by atoms with Crippen LogP contribution in [-0.4, -0.2) is 45.0 Å². The highest BCUT2D eigenvalue weighted by atomic mass is 32.2. The quantitative estimate of drug-likeness (QED) is 0.914. The molecule has 0 atom stereocenters. The van der Waals surface area contributed by atoms with Gasteiger partial charge in [-0.05, 0) is 44.6 Å². The fourth-order valence-electron chi connectivity index (χ4n) is 2.34. The van der Waals surface area contributed by atoms with Gasteiger partial charge < -0.3 is 10.2 Å². The summed E-state index contributed by atoms with van der Waals surface area (Å²) in [6.07, 6.45) is 1.42. The van der Waals surface area contributed by atoms with E-state index in [1.165, 1.54) is 5.56 Å². The molecule has 4 nitrogen and oxygen atoms in total. The largest absolute Gasteiger partial charge is 0.382 e. The average Bonchev–Trinajstić information content (AvgIpc) is 2.34. The third kappa shape index (κ3) is 4.51. The Kier molecular flexibility index (Phi) is 4.47. The van der Waals surface area contributed by atoms with Gasteiger partial charge in [0.25, 0.3) is 0 Å². The highest BCUT2D eigenvalue weighted by Crippen LogP contribution is 2.18. The molecule has 2 rings (SSSR count). The first kappa shape index (κ1) is 14.3. The van der Waals surface area contributed by atoms with Gasteiger partial charge in [0.05, 0.1) is 11.5 Å². The van der Waals surface area contributed by atoms with E-state index < -0.39 is 9.84 Å². The van der Waals surface area contributed by atoms with E-state index in [1.807, 2.05) is 0 Å². The van der Waals surface area contributed by atoms with E-state index >= 15 is 0 Å². The van der Waals surface area contributed by atoms with Crippen molar-refractivity contribution < 1.29 is 8.42 Å². The third-order valence-electron chi connectivity index (χ3n) is 3.38. The summed E-state index contributed by atoms with van der Waals surface area (Å²) < 4.78 is 22.7. The minimum absolute atomic E-state index is 0.281. The lowest BCUT2D eigenvalue weighted by Gasteiger charge is -2.24. The van der Waals surface area contributed by atoms with Crippen molar-refractivity contribution in [3.63, 3.8) is 0 Å². The van der Waals surface area contributed by atoms with Crippen LogP contribution in [0.5, 0.6) is 0 Å². The number of anilines is 1. The Labute approximate surface area is 115 Å². The minimum atomic E-state index is -2.77. The van der Waals surface area contributed by atoms with Crippen molar-refractivity contribution in [1.82, 2.24) is 4.90 Å². The SMILES string of the molecule is CN(C)Cc1ccc(NC2CCS(=O)(=O)CC2)cc1. The molecule has 0 amide bonds. The molecule has 1 N–H and O–H groups in total. The molecule has 1 aliphatic rings. The Morgan fingerprint density at radius 3 is 2.26 bits per heavy atom. The molecule has 106 valence electrons. The number of nitrogens with one attached hydrogen (secondary N) is 1. The fourth-order valence-corrected chi connectivity index (χ4v) is 3.83. The van der Waals surface area contributed by atoms with E-state index in [2.05, 4.69) is 48.6 Å². The second-order valence-electron chi connectivity index (χ2n) is 5.51. The number of sulfone groups is 1. The maximum atomic E-state index is 11.4. The van der Waals surface area contributed by atoms with Crippen LogP contribution in [0.1, 0.15) is 18.4 Å². The third-order valence-corrected chi connectivity index (χ3v) is 5.09. The van der Waals surface area contributed by atoms with Crippen molar-refractivity contribution in [3.05, 3.63) is 29.8 Å². The van der Waals surface area contributed by atoms with E-state index in [9.17, 15) is 8.42 Å².